The number of aliphatic hydroxyl groups is 1. The molecular weight excluding hydrogens is 236 g/mol. The van der Waals surface area contributed by atoms with Gasteiger partial charge in [0.1, 0.15) is 0 Å². The van der Waals surface area contributed by atoms with Gasteiger partial charge in [0.2, 0.25) is 0 Å². The van der Waals surface area contributed by atoms with Crippen molar-refractivity contribution in [3.8, 4) is 0 Å². The third kappa shape index (κ3) is 4.94. The van der Waals surface area contributed by atoms with E-state index in [0.717, 1.165) is 13.0 Å². The number of hydrogen-bond acceptors (Lipinski definition) is 3. The van der Waals surface area contributed by atoms with Crippen LogP contribution in [0, 0.1) is 13.8 Å². The van der Waals surface area contributed by atoms with Crippen molar-refractivity contribution in [2.45, 2.75) is 39.3 Å². The summed E-state index contributed by atoms with van der Waals surface area (Å²) in [6.07, 6.45) is 1.04. The maximum absolute atomic E-state index is 9.16. The van der Waals surface area contributed by atoms with Crippen LogP contribution in [0.25, 0.3) is 0 Å². The van der Waals surface area contributed by atoms with E-state index in [9.17, 15) is 0 Å². The second kappa shape index (κ2) is 7.63. The summed E-state index contributed by atoms with van der Waals surface area (Å²) >= 11 is 0. The zero-order chi connectivity index (χ0) is 14.4. The minimum atomic E-state index is 0.213. The number of likely N-dealkylation sites (N-methyl/N-ethyl adjacent to an activating group) is 1. The summed E-state index contributed by atoms with van der Waals surface area (Å²) in [5.74, 6) is 0. The zero-order valence-corrected chi connectivity index (χ0v) is 12.9. The monoisotopic (exact) mass is 264 g/mol. The zero-order valence-electron chi connectivity index (χ0n) is 12.9. The van der Waals surface area contributed by atoms with Gasteiger partial charge in [-0.1, -0.05) is 29.3 Å². The highest BCUT2D eigenvalue weighted by atomic mass is 16.3. The van der Waals surface area contributed by atoms with Crippen LogP contribution in [0.3, 0.4) is 0 Å². The predicted molar refractivity (Wildman–Crippen MR) is 81.5 cm³/mol. The van der Waals surface area contributed by atoms with Gasteiger partial charge in [-0.2, -0.15) is 0 Å². The number of aryl methyl sites for hydroxylation is 2. The summed E-state index contributed by atoms with van der Waals surface area (Å²) < 4.78 is 0. The van der Waals surface area contributed by atoms with Gasteiger partial charge in [0.05, 0.1) is 6.61 Å². The van der Waals surface area contributed by atoms with Gasteiger partial charge in [-0.25, -0.2) is 0 Å². The molecule has 0 saturated heterocycles. The van der Waals surface area contributed by atoms with Crippen LogP contribution >= 0.6 is 0 Å². The molecule has 0 fully saturated rings. The van der Waals surface area contributed by atoms with Gasteiger partial charge in [-0.3, -0.25) is 0 Å². The summed E-state index contributed by atoms with van der Waals surface area (Å²) in [7, 11) is 4.08. The largest absolute Gasteiger partial charge is 0.395 e. The van der Waals surface area contributed by atoms with Crippen molar-refractivity contribution in [1.29, 1.82) is 0 Å². The number of nitrogens with zero attached hydrogens (tertiary/aromatic N) is 1. The van der Waals surface area contributed by atoms with E-state index in [0.29, 0.717) is 6.04 Å². The molecule has 0 saturated carbocycles. The van der Waals surface area contributed by atoms with E-state index in [1.165, 1.54) is 16.7 Å². The SMILES string of the molecule is CNC(CCN(C)C(C)CO)c1cc(C)cc(C)c1. The number of benzene rings is 1. The fourth-order valence-corrected chi connectivity index (χ4v) is 2.38. The Hall–Kier alpha value is -0.900. The molecule has 1 rings (SSSR count). The van der Waals surface area contributed by atoms with E-state index >= 15 is 0 Å². The lowest BCUT2D eigenvalue weighted by Gasteiger charge is -2.26. The molecule has 0 radical (unpaired) electrons. The van der Waals surface area contributed by atoms with Crippen LogP contribution in [0.1, 0.15) is 36.1 Å². The van der Waals surface area contributed by atoms with Crippen LogP contribution in [0.15, 0.2) is 18.2 Å². The van der Waals surface area contributed by atoms with Crippen molar-refractivity contribution in [1.82, 2.24) is 10.2 Å². The second-order valence-corrected chi connectivity index (χ2v) is 5.56. The molecule has 1 aromatic rings. The molecule has 3 heteroatoms. The quantitative estimate of drug-likeness (QED) is 0.793. The highest BCUT2D eigenvalue weighted by molar-refractivity contribution is 5.30. The van der Waals surface area contributed by atoms with Crippen LogP contribution in [0.4, 0.5) is 0 Å². The van der Waals surface area contributed by atoms with E-state index in [2.05, 4.69) is 49.3 Å². The van der Waals surface area contributed by atoms with Crippen molar-refractivity contribution in [2.75, 3.05) is 27.2 Å². The highest BCUT2D eigenvalue weighted by Gasteiger charge is 2.13. The molecule has 0 aliphatic carbocycles. The molecule has 0 heterocycles. The Morgan fingerprint density at radius 3 is 2.26 bits per heavy atom. The smallest absolute Gasteiger partial charge is 0.0584 e. The lowest BCUT2D eigenvalue weighted by molar-refractivity contribution is 0.154. The average Bonchev–Trinajstić information content (AvgIpc) is 2.37. The van der Waals surface area contributed by atoms with Crippen LogP contribution in [0.5, 0.6) is 0 Å². The molecular formula is C16H28N2O. The van der Waals surface area contributed by atoms with Crippen molar-refractivity contribution >= 4 is 0 Å². The van der Waals surface area contributed by atoms with E-state index in [-0.39, 0.29) is 12.6 Å². The van der Waals surface area contributed by atoms with Gasteiger partial charge in [0, 0.05) is 18.6 Å². The second-order valence-electron chi connectivity index (χ2n) is 5.56. The van der Waals surface area contributed by atoms with Crippen molar-refractivity contribution in [3.05, 3.63) is 34.9 Å². The number of rotatable bonds is 7. The maximum Gasteiger partial charge on any atom is 0.0584 e. The Balaban J connectivity index is 2.67. The molecule has 2 N–H and O–H groups in total. The lowest BCUT2D eigenvalue weighted by Crippen LogP contribution is -2.34. The number of nitrogens with one attached hydrogen (secondary N) is 1. The molecule has 2 atom stereocenters. The third-order valence-electron chi connectivity index (χ3n) is 3.78. The van der Waals surface area contributed by atoms with Crippen molar-refractivity contribution < 1.29 is 5.11 Å². The van der Waals surface area contributed by atoms with Gasteiger partial charge in [-0.15, -0.1) is 0 Å². The molecule has 0 amide bonds. The minimum Gasteiger partial charge on any atom is -0.395 e. The fourth-order valence-electron chi connectivity index (χ4n) is 2.38. The molecule has 0 aromatic heterocycles. The third-order valence-corrected chi connectivity index (χ3v) is 3.78. The van der Waals surface area contributed by atoms with Crippen LogP contribution in [-0.4, -0.2) is 43.3 Å². The fraction of sp³-hybridized carbons (Fsp3) is 0.625. The first-order valence-electron chi connectivity index (χ1n) is 7.04. The van der Waals surface area contributed by atoms with E-state index < -0.39 is 0 Å². The predicted octanol–water partition coefficient (Wildman–Crippen LogP) is 2.27. The molecule has 2 unspecified atom stereocenters. The summed E-state index contributed by atoms with van der Waals surface area (Å²) in [4.78, 5) is 2.20. The summed E-state index contributed by atoms with van der Waals surface area (Å²) in [6.45, 7) is 7.52. The van der Waals surface area contributed by atoms with E-state index in [1.807, 2.05) is 14.0 Å². The maximum atomic E-state index is 9.16. The Morgan fingerprint density at radius 1 is 1.21 bits per heavy atom. The van der Waals surface area contributed by atoms with E-state index in [1.54, 1.807) is 0 Å². The van der Waals surface area contributed by atoms with Gasteiger partial charge in [0.15, 0.2) is 0 Å². The van der Waals surface area contributed by atoms with Gasteiger partial charge < -0.3 is 15.3 Å². The first-order valence-corrected chi connectivity index (χ1v) is 7.04. The molecule has 19 heavy (non-hydrogen) atoms. The van der Waals surface area contributed by atoms with Crippen LogP contribution in [-0.2, 0) is 0 Å². The molecule has 0 aliphatic heterocycles. The first kappa shape index (κ1) is 16.2. The molecule has 0 spiro atoms. The number of hydrogen-bond donors (Lipinski definition) is 2. The first-order chi connectivity index (χ1) is 8.97. The van der Waals surface area contributed by atoms with E-state index in [4.69, 9.17) is 5.11 Å². The molecule has 1 aromatic carbocycles. The van der Waals surface area contributed by atoms with Gasteiger partial charge in [-0.05, 0) is 46.9 Å². The minimum absolute atomic E-state index is 0.213. The van der Waals surface area contributed by atoms with Crippen LogP contribution < -0.4 is 5.32 Å². The van der Waals surface area contributed by atoms with Crippen molar-refractivity contribution in [3.63, 3.8) is 0 Å². The Bertz CT molecular complexity index is 372. The van der Waals surface area contributed by atoms with Gasteiger partial charge in [0.25, 0.3) is 0 Å². The Kier molecular flexibility index (Phi) is 6.49. The lowest BCUT2D eigenvalue weighted by atomic mass is 9.99. The average molecular weight is 264 g/mol. The molecule has 108 valence electrons. The standard InChI is InChI=1S/C16H28N2O/c1-12-8-13(2)10-15(9-12)16(17-4)6-7-18(5)14(3)11-19/h8-10,14,16-17,19H,6-7,11H2,1-5H3. The molecule has 0 bridgehead atoms. The Labute approximate surface area is 117 Å². The number of aliphatic hydroxyl groups excluding tert-OH is 1. The molecule has 0 aliphatic rings. The molecule has 3 nitrogen and oxygen atoms in total. The topological polar surface area (TPSA) is 35.5 Å². The summed E-state index contributed by atoms with van der Waals surface area (Å²) in [5.41, 5.74) is 3.98. The normalized spacial score (nSPS) is 14.7. The summed E-state index contributed by atoms with van der Waals surface area (Å²) in [6, 6.07) is 7.30. The van der Waals surface area contributed by atoms with Crippen LogP contribution in [0.2, 0.25) is 0 Å². The van der Waals surface area contributed by atoms with Gasteiger partial charge >= 0.3 is 0 Å². The highest BCUT2D eigenvalue weighted by Crippen LogP contribution is 2.20. The Morgan fingerprint density at radius 2 is 1.79 bits per heavy atom. The summed E-state index contributed by atoms with van der Waals surface area (Å²) in [5, 5.41) is 12.6. The van der Waals surface area contributed by atoms with Crippen molar-refractivity contribution in [2.24, 2.45) is 0 Å².